The molecule has 28 heavy (non-hydrogen) atoms. The molecule has 3 aromatic rings. The number of aryl methyl sites for hydroxylation is 1. The third-order valence-electron chi connectivity index (χ3n) is 5.43. The van der Waals surface area contributed by atoms with Crippen molar-refractivity contribution in [1.29, 1.82) is 0 Å². The molecule has 7 heteroatoms. The Hall–Kier alpha value is -3.09. The molecule has 1 saturated heterocycles. The molecule has 7 nitrogen and oxygen atoms in total. The number of carbonyl (C=O) groups is 2. The molecule has 0 saturated carbocycles. The molecule has 146 valence electrons. The number of hydrogen-bond acceptors (Lipinski definition) is 3. The van der Waals surface area contributed by atoms with Crippen LogP contribution in [0.1, 0.15) is 23.5 Å². The Bertz CT molecular complexity index is 990. The number of para-hydroxylation sites is 1. The van der Waals surface area contributed by atoms with Crippen LogP contribution >= 0.6 is 0 Å². The molecule has 1 N–H and O–H groups in total. The Morgan fingerprint density at radius 1 is 1.21 bits per heavy atom. The van der Waals surface area contributed by atoms with Gasteiger partial charge in [-0.1, -0.05) is 18.2 Å². The summed E-state index contributed by atoms with van der Waals surface area (Å²) >= 11 is 0. The monoisotopic (exact) mass is 379 g/mol. The summed E-state index contributed by atoms with van der Waals surface area (Å²) in [5, 5.41) is 4.19. The highest BCUT2D eigenvalue weighted by atomic mass is 16.2. The van der Waals surface area contributed by atoms with Gasteiger partial charge in [-0.15, -0.1) is 0 Å². The lowest BCUT2D eigenvalue weighted by Gasteiger charge is -2.31. The number of ketones is 1. The fraction of sp³-hybridized carbons (Fsp3) is 0.381. The second-order valence-corrected chi connectivity index (χ2v) is 7.31. The van der Waals surface area contributed by atoms with Crippen LogP contribution in [-0.4, -0.2) is 50.5 Å². The molecule has 4 rings (SSSR count). The van der Waals surface area contributed by atoms with E-state index in [1.165, 1.54) is 5.39 Å². The van der Waals surface area contributed by atoms with Crippen LogP contribution < -0.4 is 5.32 Å². The second-order valence-electron chi connectivity index (χ2n) is 7.31. The summed E-state index contributed by atoms with van der Waals surface area (Å²) < 4.78 is 3.88. The van der Waals surface area contributed by atoms with Gasteiger partial charge in [0.2, 0.25) is 5.78 Å². The predicted octanol–water partition coefficient (Wildman–Crippen LogP) is 2.68. The molecule has 0 aliphatic carbocycles. The first-order valence-electron chi connectivity index (χ1n) is 9.71. The molecule has 0 spiro atoms. The molecular weight excluding hydrogens is 354 g/mol. The molecule has 0 radical (unpaired) electrons. The number of hydrogen-bond donors (Lipinski definition) is 1. The molecule has 1 atom stereocenters. The normalized spacial score (nSPS) is 17.0. The summed E-state index contributed by atoms with van der Waals surface area (Å²) in [5.41, 5.74) is 1.16. The zero-order valence-electron chi connectivity index (χ0n) is 16.0. The zero-order valence-corrected chi connectivity index (χ0v) is 16.0. The van der Waals surface area contributed by atoms with Crippen molar-refractivity contribution in [3.05, 3.63) is 54.7 Å². The van der Waals surface area contributed by atoms with Crippen molar-refractivity contribution in [2.24, 2.45) is 13.0 Å². The average Bonchev–Trinajstić information content (AvgIpc) is 3.34. The van der Waals surface area contributed by atoms with Crippen molar-refractivity contribution in [2.75, 3.05) is 19.6 Å². The molecule has 0 unspecified atom stereocenters. The highest BCUT2D eigenvalue weighted by Crippen LogP contribution is 2.20. The number of piperidine rings is 1. The van der Waals surface area contributed by atoms with E-state index in [1.807, 2.05) is 25.4 Å². The number of likely N-dealkylation sites (tertiary alicyclic amines) is 1. The number of imidazole rings is 1. The zero-order chi connectivity index (χ0) is 19.5. The quantitative estimate of drug-likeness (QED) is 0.693. The standard InChI is InChI=1S/C21H25N5O2/c1-24-13-9-22-20(24)19(27)17-6-4-11-26(15-17)21(28)23-10-14-25-12-8-16-5-2-3-7-18(16)25/h2-3,5,7-9,12-13,17H,4,6,10-11,14-15H2,1H3,(H,23,28)/t17-/m1/s1. The number of benzene rings is 1. The SMILES string of the molecule is Cn1ccnc1C(=O)[C@@H]1CCCN(C(=O)NCCn2ccc3ccccc32)C1. The van der Waals surface area contributed by atoms with Gasteiger partial charge in [0.05, 0.1) is 0 Å². The number of amides is 2. The molecule has 2 amide bonds. The molecular formula is C21H25N5O2. The number of nitrogens with zero attached hydrogens (tertiary/aromatic N) is 4. The van der Waals surface area contributed by atoms with E-state index in [0.717, 1.165) is 18.4 Å². The van der Waals surface area contributed by atoms with Crippen molar-refractivity contribution in [2.45, 2.75) is 19.4 Å². The molecule has 1 aromatic carbocycles. The maximum atomic E-state index is 12.7. The summed E-state index contributed by atoms with van der Waals surface area (Å²) in [6.45, 7) is 2.39. The average molecular weight is 379 g/mol. The lowest BCUT2D eigenvalue weighted by atomic mass is 9.93. The minimum absolute atomic E-state index is 0.0174. The summed E-state index contributed by atoms with van der Waals surface area (Å²) in [5.74, 6) is 0.296. The van der Waals surface area contributed by atoms with Gasteiger partial charge in [-0.05, 0) is 30.4 Å². The van der Waals surface area contributed by atoms with E-state index in [1.54, 1.807) is 21.9 Å². The van der Waals surface area contributed by atoms with Gasteiger partial charge in [-0.25, -0.2) is 9.78 Å². The first kappa shape index (κ1) is 18.3. The van der Waals surface area contributed by atoms with E-state index >= 15 is 0 Å². The number of carbonyl (C=O) groups excluding carboxylic acids is 2. The van der Waals surface area contributed by atoms with Crippen LogP contribution in [0.15, 0.2) is 48.9 Å². The van der Waals surface area contributed by atoms with Gasteiger partial charge in [0.15, 0.2) is 5.82 Å². The maximum Gasteiger partial charge on any atom is 0.317 e. The van der Waals surface area contributed by atoms with E-state index < -0.39 is 0 Å². The smallest absolute Gasteiger partial charge is 0.317 e. The van der Waals surface area contributed by atoms with E-state index in [4.69, 9.17) is 0 Å². The summed E-state index contributed by atoms with van der Waals surface area (Å²) in [6.07, 6.45) is 7.07. The van der Waals surface area contributed by atoms with Gasteiger partial charge in [-0.3, -0.25) is 4.79 Å². The van der Waals surface area contributed by atoms with Crippen molar-refractivity contribution < 1.29 is 9.59 Å². The van der Waals surface area contributed by atoms with Gasteiger partial charge < -0.3 is 19.4 Å². The van der Waals surface area contributed by atoms with Gasteiger partial charge in [0, 0.05) is 63.3 Å². The van der Waals surface area contributed by atoms with Crippen LogP contribution in [-0.2, 0) is 13.6 Å². The van der Waals surface area contributed by atoms with E-state index in [-0.39, 0.29) is 17.7 Å². The van der Waals surface area contributed by atoms with Crippen LogP contribution in [0, 0.1) is 5.92 Å². The van der Waals surface area contributed by atoms with Gasteiger partial charge >= 0.3 is 6.03 Å². The van der Waals surface area contributed by atoms with Gasteiger partial charge in [0.1, 0.15) is 0 Å². The first-order valence-corrected chi connectivity index (χ1v) is 9.71. The van der Waals surface area contributed by atoms with Crippen molar-refractivity contribution in [1.82, 2.24) is 24.3 Å². The van der Waals surface area contributed by atoms with E-state index in [2.05, 4.69) is 33.1 Å². The van der Waals surface area contributed by atoms with Crippen LogP contribution in [0.3, 0.4) is 0 Å². The van der Waals surface area contributed by atoms with Gasteiger partial charge in [-0.2, -0.15) is 0 Å². The number of nitrogens with one attached hydrogen (secondary N) is 1. The third kappa shape index (κ3) is 3.65. The van der Waals surface area contributed by atoms with Crippen molar-refractivity contribution in [3.63, 3.8) is 0 Å². The van der Waals surface area contributed by atoms with Gasteiger partial charge in [0.25, 0.3) is 0 Å². The molecule has 3 heterocycles. The summed E-state index contributed by atoms with van der Waals surface area (Å²) in [6, 6.07) is 10.2. The Labute approximate surface area is 164 Å². The summed E-state index contributed by atoms with van der Waals surface area (Å²) in [7, 11) is 1.82. The molecule has 0 bridgehead atoms. The molecule has 1 aliphatic heterocycles. The fourth-order valence-electron chi connectivity index (χ4n) is 3.89. The van der Waals surface area contributed by atoms with Crippen LogP contribution in [0.4, 0.5) is 4.79 Å². The highest BCUT2D eigenvalue weighted by molar-refractivity contribution is 5.95. The van der Waals surface area contributed by atoms with Crippen molar-refractivity contribution >= 4 is 22.7 Å². The Kier molecular flexibility index (Phi) is 5.14. The minimum atomic E-state index is -0.186. The Morgan fingerprint density at radius 3 is 2.89 bits per heavy atom. The summed E-state index contributed by atoms with van der Waals surface area (Å²) in [4.78, 5) is 31.2. The second kappa shape index (κ2) is 7.88. The van der Waals surface area contributed by atoms with Crippen LogP contribution in [0.5, 0.6) is 0 Å². The van der Waals surface area contributed by atoms with Crippen LogP contribution in [0.25, 0.3) is 10.9 Å². The largest absolute Gasteiger partial charge is 0.346 e. The third-order valence-corrected chi connectivity index (χ3v) is 5.43. The topological polar surface area (TPSA) is 72.2 Å². The number of Topliss-reactive ketones (excluding diaryl/α,β-unsaturated/α-hetero) is 1. The fourth-order valence-corrected chi connectivity index (χ4v) is 3.89. The molecule has 2 aromatic heterocycles. The molecule has 1 aliphatic rings. The van der Waals surface area contributed by atoms with Crippen molar-refractivity contribution in [3.8, 4) is 0 Å². The molecule has 1 fully saturated rings. The predicted molar refractivity (Wildman–Crippen MR) is 107 cm³/mol. The van der Waals surface area contributed by atoms with E-state index in [0.29, 0.717) is 32.0 Å². The highest BCUT2D eigenvalue weighted by Gasteiger charge is 2.30. The Balaban J connectivity index is 1.32. The number of fused-ring (bicyclic) bond motifs is 1. The van der Waals surface area contributed by atoms with Crippen LogP contribution in [0.2, 0.25) is 0 Å². The first-order chi connectivity index (χ1) is 13.6. The lowest BCUT2D eigenvalue weighted by Crippen LogP contribution is -2.47. The Morgan fingerprint density at radius 2 is 2.07 bits per heavy atom. The number of urea groups is 1. The number of aromatic nitrogens is 3. The lowest BCUT2D eigenvalue weighted by molar-refractivity contribution is 0.0831. The van der Waals surface area contributed by atoms with E-state index in [9.17, 15) is 9.59 Å². The minimum Gasteiger partial charge on any atom is -0.346 e. The maximum absolute atomic E-state index is 12.7. The number of rotatable bonds is 5.